The lowest BCUT2D eigenvalue weighted by Gasteiger charge is -2.06. The predicted octanol–water partition coefficient (Wildman–Crippen LogP) is 2.76. The van der Waals surface area contributed by atoms with Gasteiger partial charge in [-0.05, 0) is 24.3 Å². The highest BCUT2D eigenvalue weighted by Crippen LogP contribution is 2.16. The van der Waals surface area contributed by atoms with Gasteiger partial charge in [0.1, 0.15) is 0 Å². The van der Waals surface area contributed by atoms with Gasteiger partial charge in [-0.1, -0.05) is 36.4 Å². The van der Waals surface area contributed by atoms with Gasteiger partial charge in [-0.25, -0.2) is 13.1 Å². The van der Waals surface area contributed by atoms with Crippen molar-refractivity contribution < 1.29 is 8.42 Å². The molecule has 100 valence electrons. The molecule has 2 aromatic carbocycles. The summed E-state index contributed by atoms with van der Waals surface area (Å²) >= 11 is 1.63. The first kappa shape index (κ1) is 14.1. The molecular weight excluding hydrogens is 278 g/mol. The SMILES string of the molecule is O=S(=O)(NCCSc1ccccc1)c1ccccc1. The number of hydrogen-bond donors (Lipinski definition) is 1. The number of thioether (sulfide) groups is 1. The van der Waals surface area contributed by atoms with Crippen LogP contribution in [0.25, 0.3) is 0 Å². The third-order valence-electron chi connectivity index (χ3n) is 2.46. The molecule has 5 heteroatoms. The minimum atomic E-state index is -3.38. The van der Waals surface area contributed by atoms with E-state index < -0.39 is 10.0 Å². The Hall–Kier alpha value is -1.30. The average molecular weight is 293 g/mol. The second-order valence-electron chi connectivity index (χ2n) is 3.87. The van der Waals surface area contributed by atoms with Crippen LogP contribution in [0.15, 0.2) is 70.5 Å². The second-order valence-corrected chi connectivity index (χ2v) is 6.81. The van der Waals surface area contributed by atoms with E-state index in [1.807, 2.05) is 30.3 Å². The van der Waals surface area contributed by atoms with Crippen LogP contribution in [0.3, 0.4) is 0 Å². The molecule has 0 aliphatic carbocycles. The van der Waals surface area contributed by atoms with Crippen molar-refractivity contribution in [3.05, 3.63) is 60.7 Å². The Kier molecular flexibility index (Phi) is 5.01. The fourth-order valence-electron chi connectivity index (χ4n) is 1.54. The van der Waals surface area contributed by atoms with E-state index in [0.717, 1.165) is 4.90 Å². The summed E-state index contributed by atoms with van der Waals surface area (Å²) in [6.07, 6.45) is 0. The molecule has 0 aliphatic heterocycles. The van der Waals surface area contributed by atoms with Gasteiger partial charge >= 0.3 is 0 Å². The summed E-state index contributed by atoms with van der Waals surface area (Å²) in [5.74, 6) is 0.704. The molecule has 0 saturated heterocycles. The summed E-state index contributed by atoms with van der Waals surface area (Å²) in [6.45, 7) is 0.413. The number of rotatable bonds is 6. The maximum Gasteiger partial charge on any atom is 0.240 e. The van der Waals surface area contributed by atoms with Gasteiger partial charge in [0.2, 0.25) is 10.0 Å². The van der Waals surface area contributed by atoms with E-state index in [1.165, 1.54) is 0 Å². The molecule has 0 amide bonds. The van der Waals surface area contributed by atoms with E-state index >= 15 is 0 Å². The maximum atomic E-state index is 11.9. The van der Waals surface area contributed by atoms with Crippen LogP contribution < -0.4 is 4.72 Å². The molecule has 0 bridgehead atoms. The van der Waals surface area contributed by atoms with Crippen LogP contribution in [-0.2, 0) is 10.0 Å². The van der Waals surface area contributed by atoms with E-state index in [4.69, 9.17) is 0 Å². The first-order chi connectivity index (χ1) is 9.18. The normalized spacial score (nSPS) is 11.4. The molecule has 3 nitrogen and oxygen atoms in total. The summed E-state index contributed by atoms with van der Waals surface area (Å²) in [6, 6.07) is 18.3. The van der Waals surface area contributed by atoms with Crippen molar-refractivity contribution in [2.75, 3.05) is 12.3 Å². The Bertz CT molecular complexity index is 598. The first-order valence-corrected chi connectivity index (χ1v) is 8.38. The lowest BCUT2D eigenvalue weighted by atomic mass is 10.4. The molecule has 2 aromatic rings. The van der Waals surface area contributed by atoms with Crippen molar-refractivity contribution >= 4 is 21.8 Å². The van der Waals surface area contributed by atoms with Gasteiger partial charge in [-0.3, -0.25) is 0 Å². The van der Waals surface area contributed by atoms with Gasteiger partial charge in [0, 0.05) is 17.2 Å². The third kappa shape index (κ3) is 4.38. The second kappa shape index (κ2) is 6.75. The molecule has 0 radical (unpaired) electrons. The van der Waals surface area contributed by atoms with Crippen molar-refractivity contribution in [3.63, 3.8) is 0 Å². The van der Waals surface area contributed by atoms with E-state index in [-0.39, 0.29) is 0 Å². The maximum absolute atomic E-state index is 11.9. The van der Waals surface area contributed by atoms with Crippen molar-refractivity contribution in [3.8, 4) is 0 Å². The quantitative estimate of drug-likeness (QED) is 0.658. The van der Waals surface area contributed by atoms with Crippen LogP contribution in [0, 0.1) is 0 Å². The van der Waals surface area contributed by atoms with Crippen LogP contribution in [0.1, 0.15) is 0 Å². The molecule has 0 aliphatic rings. The monoisotopic (exact) mass is 293 g/mol. The summed E-state index contributed by atoms with van der Waals surface area (Å²) in [7, 11) is -3.38. The summed E-state index contributed by atoms with van der Waals surface area (Å²) in [4.78, 5) is 1.45. The number of hydrogen-bond acceptors (Lipinski definition) is 3. The molecule has 19 heavy (non-hydrogen) atoms. The summed E-state index contributed by atoms with van der Waals surface area (Å²) < 4.78 is 26.4. The predicted molar refractivity (Wildman–Crippen MR) is 78.8 cm³/mol. The molecule has 0 spiro atoms. The molecule has 0 fully saturated rings. The summed E-state index contributed by atoms with van der Waals surface area (Å²) in [5.41, 5.74) is 0. The number of benzene rings is 2. The van der Waals surface area contributed by atoms with Crippen LogP contribution in [-0.4, -0.2) is 20.7 Å². The largest absolute Gasteiger partial charge is 0.240 e. The highest BCUT2D eigenvalue weighted by atomic mass is 32.2. The van der Waals surface area contributed by atoms with Gasteiger partial charge in [0.25, 0.3) is 0 Å². The van der Waals surface area contributed by atoms with Crippen molar-refractivity contribution in [2.45, 2.75) is 9.79 Å². The number of sulfonamides is 1. The average Bonchev–Trinajstić information content (AvgIpc) is 2.46. The van der Waals surface area contributed by atoms with Crippen LogP contribution in [0.2, 0.25) is 0 Å². The van der Waals surface area contributed by atoms with Gasteiger partial charge < -0.3 is 0 Å². The molecule has 0 aromatic heterocycles. The Morgan fingerprint density at radius 1 is 0.895 bits per heavy atom. The third-order valence-corrected chi connectivity index (χ3v) is 4.95. The highest BCUT2D eigenvalue weighted by Gasteiger charge is 2.11. The lowest BCUT2D eigenvalue weighted by Crippen LogP contribution is -2.25. The first-order valence-electron chi connectivity index (χ1n) is 5.91. The smallest absolute Gasteiger partial charge is 0.210 e. The molecule has 0 heterocycles. The zero-order valence-corrected chi connectivity index (χ0v) is 12.0. The molecular formula is C14H15NO2S2. The van der Waals surface area contributed by atoms with Crippen LogP contribution in [0.4, 0.5) is 0 Å². The van der Waals surface area contributed by atoms with Gasteiger partial charge in [0.05, 0.1) is 4.90 Å². The fourth-order valence-corrected chi connectivity index (χ4v) is 3.52. The van der Waals surface area contributed by atoms with Crippen molar-refractivity contribution in [1.29, 1.82) is 0 Å². The van der Waals surface area contributed by atoms with Crippen LogP contribution >= 0.6 is 11.8 Å². The number of nitrogens with one attached hydrogen (secondary N) is 1. The van der Waals surface area contributed by atoms with E-state index in [0.29, 0.717) is 17.2 Å². The topological polar surface area (TPSA) is 46.2 Å². The Labute approximate surface area is 118 Å². The Morgan fingerprint density at radius 3 is 2.11 bits per heavy atom. The van der Waals surface area contributed by atoms with Crippen molar-refractivity contribution in [2.24, 2.45) is 0 Å². The Morgan fingerprint density at radius 2 is 1.47 bits per heavy atom. The zero-order valence-electron chi connectivity index (χ0n) is 10.3. The van der Waals surface area contributed by atoms with E-state index in [9.17, 15) is 8.42 Å². The molecule has 0 atom stereocenters. The molecule has 2 rings (SSSR count). The van der Waals surface area contributed by atoms with Crippen molar-refractivity contribution in [1.82, 2.24) is 4.72 Å². The standard InChI is InChI=1S/C14H15NO2S2/c16-19(17,14-9-5-2-6-10-14)15-11-12-18-13-7-3-1-4-8-13/h1-10,15H,11-12H2. The highest BCUT2D eigenvalue weighted by molar-refractivity contribution is 7.99. The Balaban J connectivity index is 1.83. The minimum absolute atomic E-state index is 0.305. The van der Waals surface area contributed by atoms with E-state index in [1.54, 1.807) is 42.1 Å². The zero-order chi connectivity index (χ0) is 13.6. The fraction of sp³-hybridized carbons (Fsp3) is 0.143. The van der Waals surface area contributed by atoms with E-state index in [2.05, 4.69) is 4.72 Å². The van der Waals surface area contributed by atoms with Gasteiger partial charge in [0.15, 0.2) is 0 Å². The molecule has 1 N–H and O–H groups in total. The van der Waals surface area contributed by atoms with Gasteiger partial charge in [-0.15, -0.1) is 11.8 Å². The lowest BCUT2D eigenvalue weighted by molar-refractivity contribution is 0.584. The molecule has 0 unspecified atom stereocenters. The molecule has 0 saturated carbocycles. The minimum Gasteiger partial charge on any atom is -0.210 e. The summed E-state index contributed by atoms with van der Waals surface area (Å²) in [5, 5.41) is 0. The van der Waals surface area contributed by atoms with Gasteiger partial charge in [-0.2, -0.15) is 0 Å². The van der Waals surface area contributed by atoms with Crippen LogP contribution in [0.5, 0.6) is 0 Å².